The number of piperidine rings is 1. The largest absolute Gasteiger partial charge is 0.496 e. The van der Waals surface area contributed by atoms with Crippen molar-refractivity contribution in [3.63, 3.8) is 0 Å². The van der Waals surface area contributed by atoms with Crippen molar-refractivity contribution in [3.8, 4) is 5.75 Å². The van der Waals surface area contributed by atoms with Gasteiger partial charge in [0.05, 0.1) is 22.2 Å². The van der Waals surface area contributed by atoms with E-state index >= 15 is 0 Å². The number of nitrogens with zero attached hydrogens (tertiary/aromatic N) is 3. The van der Waals surface area contributed by atoms with Crippen molar-refractivity contribution in [2.45, 2.75) is 26.2 Å². The smallest absolute Gasteiger partial charge is 0.266 e. The van der Waals surface area contributed by atoms with Crippen molar-refractivity contribution in [1.29, 1.82) is 0 Å². The van der Waals surface area contributed by atoms with Crippen LogP contribution in [-0.4, -0.2) is 42.7 Å². The van der Waals surface area contributed by atoms with Crippen LogP contribution in [0.2, 0.25) is 0 Å². The molecule has 2 fully saturated rings. The fourth-order valence-corrected chi connectivity index (χ4v) is 5.42. The van der Waals surface area contributed by atoms with Crippen LogP contribution in [0.25, 0.3) is 6.08 Å². The van der Waals surface area contributed by atoms with E-state index in [1.165, 1.54) is 36.7 Å². The molecule has 0 N–H and O–H groups in total. The quantitative estimate of drug-likeness (QED) is 0.468. The third-order valence-corrected chi connectivity index (χ3v) is 7.10. The monoisotopic (exact) mass is 499 g/mol. The second-order valence-electron chi connectivity index (χ2n) is 7.51. The topological polar surface area (TPSA) is 45.1 Å². The molecule has 7 heteroatoms. The Labute approximate surface area is 196 Å². The average Bonchev–Trinajstić information content (AvgIpc) is 3.08. The Balaban J connectivity index is 1.55. The Morgan fingerprint density at radius 3 is 2.52 bits per heavy atom. The minimum Gasteiger partial charge on any atom is -0.496 e. The van der Waals surface area contributed by atoms with Crippen LogP contribution >= 0.6 is 27.7 Å². The molecule has 1 amide bonds. The standard InChI is InChI=1S/C24H26BrN3O2S/c1-3-28-23(29)22(16-17-7-12-21(30-2)20(25)15-17)31-24(28)26-18-8-10-19(11-9-18)27-13-5-4-6-14-27/h7-12,15-16H,3-6,13-14H2,1-2H3/b22-16-,26-24?. The molecule has 0 aromatic heterocycles. The van der Waals surface area contributed by atoms with Crippen LogP contribution in [0, 0.1) is 0 Å². The highest BCUT2D eigenvalue weighted by molar-refractivity contribution is 9.10. The van der Waals surface area contributed by atoms with Gasteiger partial charge in [0, 0.05) is 25.3 Å². The van der Waals surface area contributed by atoms with Crippen molar-refractivity contribution >= 4 is 56.2 Å². The second kappa shape index (κ2) is 9.92. The number of ether oxygens (including phenoxy) is 1. The summed E-state index contributed by atoms with van der Waals surface area (Å²) >= 11 is 4.92. The molecule has 0 spiro atoms. The number of halogens is 1. The van der Waals surface area contributed by atoms with Crippen molar-refractivity contribution in [3.05, 3.63) is 57.4 Å². The lowest BCUT2D eigenvalue weighted by atomic mass is 10.1. The van der Waals surface area contributed by atoms with Crippen molar-refractivity contribution in [1.82, 2.24) is 4.90 Å². The molecule has 31 heavy (non-hydrogen) atoms. The minimum absolute atomic E-state index is 0.0110. The lowest BCUT2D eigenvalue weighted by Crippen LogP contribution is -2.29. The van der Waals surface area contributed by atoms with Crippen LogP contribution in [0.4, 0.5) is 11.4 Å². The average molecular weight is 500 g/mol. The van der Waals surface area contributed by atoms with E-state index in [0.29, 0.717) is 11.4 Å². The van der Waals surface area contributed by atoms with Crippen molar-refractivity contribution in [2.75, 3.05) is 31.6 Å². The van der Waals surface area contributed by atoms with E-state index in [4.69, 9.17) is 9.73 Å². The zero-order valence-corrected chi connectivity index (χ0v) is 20.2. The number of thioether (sulfide) groups is 1. The number of aliphatic imine (C=N–C) groups is 1. The number of rotatable bonds is 5. The van der Waals surface area contributed by atoms with Crippen LogP contribution < -0.4 is 9.64 Å². The van der Waals surface area contributed by atoms with E-state index in [9.17, 15) is 4.79 Å². The maximum atomic E-state index is 12.9. The molecule has 0 saturated carbocycles. The third kappa shape index (κ3) is 4.99. The zero-order chi connectivity index (χ0) is 21.8. The summed E-state index contributed by atoms with van der Waals surface area (Å²) in [5.41, 5.74) is 3.05. The van der Waals surface area contributed by atoms with Gasteiger partial charge < -0.3 is 9.64 Å². The van der Waals surface area contributed by atoms with Gasteiger partial charge in [-0.2, -0.15) is 0 Å². The van der Waals surface area contributed by atoms with Gasteiger partial charge in [0.25, 0.3) is 5.91 Å². The van der Waals surface area contributed by atoms with Crippen molar-refractivity contribution < 1.29 is 9.53 Å². The van der Waals surface area contributed by atoms with Gasteiger partial charge in [-0.3, -0.25) is 9.69 Å². The van der Waals surface area contributed by atoms with Crippen LogP contribution in [-0.2, 0) is 4.79 Å². The highest BCUT2D eigenvalue weighted by atomic mass is 79.9. The van der Waals surface area contributed by atoms with Crippen LogP contribution in [0.3, 0.4) is 0 Å². The maximum absolute atomic E-state index is 12.9. The fourth-order valence-electron chi connectivity index (χ4n) is 3.79. The van der Waals surface area contributed by atoms with Crippen LogP contribution in [0.1, 0.15) is 31.7 Å². The summed E-state index contributed by atoms with van der Waals surface area (Å²) in [5.74, 6) is 0.751. The third-order valence-electron chi connectivity index (χ3n) is 5.47. The normalized spacial score (nSPS) is 19.5. The maximum Gasteiger partial charge on any atom is 0.266 e. The number of benzene rings is 2. The van der Waals surface area contributed by atoms with E-state index in [1.54, 1.807) is 12.0 Å². The first-order chi connectivity index (χ1) is 15.1. The Morgan fingerprint density at radius 1 is 1.13 bits per heavy atom. The van der Waals surface area contributed by atoms with Gasteiger partial charge in [-0.25, -0.2) is 4.99 Å². The first-order valence-electron chi connectivity index (χ1n) is 10.6. The summed E-state index contributed by atoms with van der Waals surface area (Å²) in [5, 5.41) is 0.719. The molecule has 2 saturated heterocycles. The Morgan fingerprint density at radius 2 is 1.87 bits per heavy atom. The van der Waals surface area contributed by atoms with Gasteiger partial charge in [0.15, 0.2) is 5.17 Å². The molecule has 2 aliphatic heterocycles. The summed E-state index contributed by atoms with van der Waals surface area (Å²) < 4.78 is 6.14. The number of carbonyl (C=O) groups is 1. The molecule has 0 radical (unpaired) electrons. The lowest BCUT2D eigenvalue weighted by molar-refractivity contribution is -0.122. The number of methoxy groups -OCH3 is 1. The van der Waals surface area contributed by atoms with Crippen LogP contribution in [0.5, 0.6) is 5.75 Å². The molecule has 2 aromatic carbocycles. The molecule has 0 atom stereocenters. The number of carbonyl (C=O) groups excluding carboxylic acids is 1. The zero-order valence-electron chi connectivity index (χ0n) is 17.8. The molecular formula is C24H26BrN3O2S. The molecule has 2 heterocycles. The van der Waals surface area contributed by atoms with Gasteiger partial charge in [-0.1, -0.05) is 6.07 Å². The first kappa shape index (κ1) is 22.0. The Kier molecular flexibility index (Phi) is 7.02. The number of anilines is 1. The molecule has 5 nitrogen and oxygen atoms in total. The SMILES string of the molecule is CCN1C(=O)/C(=C/c2ccc(OC)c(Br)c2)SC1=Nc1ccc(N2CCCCC2)cc1. The van der Waals surface area contributed by atoms with E-state index < -0.39 is 0 Å². The van der Waals surface area contributed by atoms with Gasteiger partial charge in [0.1, 0.15) is 5.75 Å². The summed E-state index contributed by atoms with van der Waals surface area (Å²) in [6.45, 7) is 4.80. The summed E-state index contributed by atoms with van der Waals surface area (Å²) in [7, 11) is 1.63. The van der Waals surface area contributed by atoms with Gasteiger partial charge >= 0.3 is 0 Å². The number of amidine groups is 1. The molecule has 0 unspecified atom stereocenters. The number of hydrogen-bond acceptors (Lipinski definition) is 5. The lowest BCUT2D eigenvalue weighted by Gasteiger charge is -2.28. The minimum atomic E-state index is -0.0110. The fraction of sp³-hybridized carbons (Fsp3) is 0.333. The summed E-state index contributed by atoms with van der Waals surface area (Å²) in [4.78, 5) is 22.5. The Hall–Kier alpha value is -2.25. The van der Waals surface area contributed by atoms with E-state index in [-0.39, 0.29) is 5.91 Å². The van der Waals surface area contributed by atoms with Gasteiger partial charge in [-0.15, -0.1) is 0 Å². The van der Waals surface area contributed by atoms with E-state index in [0.717, 1.165) is 39.7 Å². The molecule has 2 aliphatic rings. The molecule has 0 aliphatic carbocycles. The second-order valence-corrected chi connectivity index (χ2v) is 9.38. The summed E-state index contributed by atoms with van der Waals surface area (Å²) in [6, 6.07) is 14.1. The molecule has 0 bridgehead atoms. The van der Waals surface area contributed by atoms with Gasteiger partial charge in [-0.05, 0) is 102 Å². The van der Waals surface area contributed by atoms with Crippen LogP contribution in [0.15, 0.2) is 56.8 Å². The predicted octanol–water partition coefficient (Wildman–Crippen LogP) is 6.07. The summed E-state index contributed by atoms with van der Waals surface area (Å²) in [6.07, 6.45) is 5.74. The van der Waals surface area contributed by atoms with E-state index in [1.807, 2.05) is 43.3 Å². The number of amides is 1. The highest BCUT2D eigenvalue weighted by Gasteiger charge is 2.32. The molecular weight excluding hydrogens is 474 g/mol. The van der Waals surface area contributed by atoms with Crippen molar-refractivity contribution in [2.24, 2.45) is 4.99 Å². The molecule has 2 aromatic rings. The first-order valence-corrected chi connectivity index (χ1v) is 12.2. The molecule has 4 rings (SSSR count). The Bertz CT molecular complexity index is 1010. The highest BCUT2D eigenvalue weighted by Crippen LogP contribution is 2.35. The molecule has 162 valence electrons. The predicted molar refractivity (Wildman–Crippen MR) is 133 cm³/mol. The number of hydrogen-bond donors (Lipinski definition) is 0. The van der Waals surface area contributed by atoms with Gasteiger partial charge in [0.2, 0.25) is 0 Å². The van der Waals surface area contributed by atoms with E-state index in [2.05, 4.69) is 33.0 Å². The number of likely N-dealkylation sites (N-methyl/N-ethyl adjacent to an activating group) is 1.